The predicted molar refractivity (Wildman–Crippen MR) is 80.9 cm³/mol. The third kappa shape index (κ3) is 3.42. The summed E-state index contributed by atoms with van der Waals surface area (Å²) >= 11 is 8.56. The van der Waals surface area contributed by atoms with E-state index in [1.54, 1.807) is 0 Å². The molecule has 0 fully saturated rings. The van der Waals surface area contributed by atoms with Crippen molar-refractivity contribution >= 4 is 36.9 Å². The summed E-state index contributed by atoms with van der Waals surface area (Å²) in [5.74, 6) is 0. The number of rotatable bonds is 2. The van der Waals surface area contributed by atoms with Crippen LogP contribution in [-0.4, -0.2) is 0 Å². The summed E-state index contributed by atoms with van der Waals surface area (Å²) in [5.41, 5.74) is 3.65. The first-order chi connectivity index (χ1) is 8.15. The molecule has 0 N–H and O–H groups in total. The molecule has 0 atom stereocenters. The van der Waals surface area contributed by atoms with Crippen molar-refractivity contribution in [3.63, 3.8) is 0 Å². The summed E-state index contributed by atoms with van der Waals surface area (Å²) < 4.78 is 0. The van der Waals surface area contributed by atoms with Crippen LogP contribution in [0.25, 0.3) is 11.6 Å². The molecule has 2 heteroatoms. The average Bonchev–Trinajstić information content (AvgIpc) is 2.33. The molecule has 2 aromatic carbocycles. The van der Waals surface area contributed by atoms with Crippen molar-refractivity contribution < 1.29 is 0 Å². The minimum Gasteiger partial charge on any atom is -0.143 e. The Hall–Kier alpha value is -1.12. The van der Waals surface area contributed by atoms with Gasteiger partial charge in [0.25, 0.3) is 0 Å². The molecule has 17 heavy (non-hydrogen) atoms. The van der Waals surface area contributed by atoms with Crippen LogP contribution in [0, 0.1) is 0 Å². The van der Waals surface area contributed by atoms with E-state index in [0.29, 0.717) is 0 Å². The van der Waals surface area contributed by atoms with Crippen LogP contribution in [0.1, 0.15) is 18.1 Å². The maximum absolute atomic E-state index is 4.28. The first kappa shape index (κ1) is 12.3. The van der Waals surface area contributed by atoms with Gasteiger partial charge >= 0.3 is 0 Å². The normalized spacial score (nSPS) is 11.6. The largest absolute Gasteiger partial charge is 0.143 e. The third-order valence-corrected chi connectivity index (χ3v) is 3.20. The number of allylic oxidation sites excluding steroid dienone is 1. The van der Waals surface area contributed by atoms with Crippen LogP contribution in [0.15, 0.2) is 58.3 Å². The molecule has 0 aliphatic heterocycles. The van der Waals surface area contributed by atoms with Gasteiger partial charge in [-0.05, 0) is 47.9 Å². The van der Waals surface area contributed by atoms with Crippen LogP contribution in [0.5, 0.6) is 0 Å². The fourth-order valence-electron chi connectivity index (χ4n) is 1.63. The van der Waals surface area contributed by atoms with Crippen molar-refractivity contribution in [2.24, 2.45) is 0 Å². The van der Waals surface area contributed by atoms with E-state index in [4.69, 9.17) is 0 Å². The van der Waals surface area contributed by atoms with Crippen molar-refractivity contribution in [1.29, 1.82) is 0 Å². The minimum atomic E-state index is 0.985. The first-order valence-corrected chi connectivity index (χ1v) is 6.31. The van der Waals surface area contributed by atoms with Crippen LogP contribution in [0.3, 0.4) is 0 Å². The lowest BCUT2D eigenvalue weighted by Crippen LogP contribution is -1.80. The Morgan fingerprint density at radius 2 is 1.29 bits per heavy atom. The second kappa shape index (κ2) is 5.48. The van der Waals surface area contributed by atoms with E-state index in [2.05, 4.69) is 62.5 Å². The van der Waals surface area contributed by atoms with Crippen LogP contribution >= 0.6 is 25.3 Å². The van der Waals surface area contributed by atoms with Crippen LogP contribution < -0.4 is 0 Å². The molecule has 0 heterocycles. The zero-order valence-corrected chi connectivity index (χ0v) is 11.4. The highest BCUT2D eigenvalue weighted by Gasteiger charge is 1.96. The Bertz CT molecular complexity index is 522. The molecule has 0 bridgehead atoms. The Labute approximate surface area is 113 Å². The molecular formula is C15H14S2. The zero-order chi connectivity index (χ0) is 12.3. The van der Waals surface area contributed by atoms with Gasteiger partial charge in [0.05, 0.1) is 0 Å². The van der Waals surface area contributed by atoms with Gasteiger partial charge in [-0.3, -0.25) is 0 Å². The molecule has 0 radical (unpaired) electrons. The van der Waals surface area contributed by atoms with Crippen molar-refractivity contribution in [2.75, 3.05) is 0 Å². The molecule has 0 aliphatic carbocycles. The lowest BCUT2D eigenvalue weighted by Gasteiger charge is -2.02. The molecule has 0 nitrogen and oxygen atoms in total. The molecule has 86 valence electrons. The van der Waals surface area contributed by atoms with Gasteiger partial charge in [0.2, 0.25) is 0 Å². The van der Waals surface area contributed by atoms with E-state index in [0.717, 1.165) is 9.79 Å². The lowest BCUT2D eigenvalue weighted by atomic mass is 10.0. The van der Waals surface area contributed by atoms with Gasteiger partial charge in [-0.2, -0.15) is 0 Å². The standard InChI is InChI=1S/C15H14S2/c1-11(13-4-8-15(17)9-5-13)10-12-2-6-14(16)7-3-12/h2-10,16-17H,1H3. The molecule has 0 saturated carbocycles. The molecule has 0 aromatic heterocycles. The third-order valence-electron chi connectivity index (χ3n) is 2.60. The molecule has 2 rings (SSSR count). The van der Waals surface area contributed by atoms with E-state index in [9.17, 15) is 0 Å². The summed E-state index contributed by atoms with van der Waals surface area (Å²) in [6.45, 7) is 2.11. The minimum absolute atomic E-state index is 0.985. The smallest absolute Gasteiger partial charge is 0.00403 e. The highest BCUT2D eigenvalue weighted by molar-refractivity contribution is 7.80. The predicted octanol–water partition coefficient (Wildman–Crippen LogP) is 4.82. The number of thiol groups is 2. The number of benzene rings is 2. The Morgan fingerprint density at radius 1 is 0.824 bits per heavy atom. The average molecular weight is 258 g/mol. The highest BCUT2D eigenvalue weighted by atomic mass is 32.1. The fourth-order valence-corrected chi connectivity index (χ4v) is 1.93. The van der Waals surface area contributed by atoms with Gasteiger partial charge in [-0.1, -0.05) is 30.3 Å². The van der Waals surface area contributed by atoms with Gasteiger partial charge in [-0.15, -0.1) is 25.3 Å². The summed E-state index contributed by atoms with van der Waals surface area (Å²) in [6, 6.07) is 16.3. The number of hydrogen-bond acceptors (Lipinski definition) is 2. The highest BCUT2D eigenvalue weighted by Crippen LogP contribution is 2.19. The second-order valence-electron chi connectivity index (χ2n) is 3.97. The number of hydrogen-bond donors (Lipinski definition) is 2. The zero-order valence-electron chi connectivity index (χ0n) is 9.59. The summed E-state index contributed by atoms with van der Waals surface area (Å²) in [4.78, 5) is 1.97. The maximum atomic E-state index is 4.28. The van der Waals surface area contributed by atoms with Crippen molar-refractivity contribution in [1.82, 2.24) is 0 Å². The Kier molecular flexibility index (Phi) is 3.97. The van der Waals surface area contributed by atoms with Gasteiger partial charge < -0.3 is 0 Å². The Morgan fingerprint density at radius 3 is 1.82 bits per heavy atom. The van der Waals surface area contributed by atoms with E-state index in [1.807, 2.05) is 24.3 Å². The van der Waals surface area contributed by atoms with Gasteiger partial charge in [0, 0.05) is 9.79 Å². The quantitative estimate of drug-likeness (QED) is 0.560. The molecule has 0 amide bonds. The SMILES string of the molecule is CC(=Cc1ccc(S)cc1)c1ccc(S)cc1. The summed E-state index contributed by atoms with van der Waals surface area (Å²) in [6.07, 6.45) is 2.17. The molecule has 2 aromatic rings. The van der Waals surface area contributed by atoms with Crippen LogP contribution in [0.2, 0.25) is 0 Å². The van der Waals surface area contributed by atoms with E-state index in [-0.39, 0.29) is 0 Å². The Balaban J connectivity index is 2.27. The summed E-state index contributed by atoms with van der Waals surface area (Å²) in [5, 5.41) is 0. The lowest BCUT2D eigenvalue weighted by molar-refractivity contribution is 1.44. The van der Waals surface area contributed by atoms with E-state index in [1.165, 1.54) is 16.7 Å². The van der Waals surface area contributed by atoms with Crippen LogP contribution in [0.4, 0.5) is 0 Å². The monoisotopic (exact) mass is 258 g/mol. The van der Waals surface area contributed by atoms with Crippen LogP contribution in [-0.2, 0) is 0 Å². The van der Waals surface area contributed by atoms with Gasteiger partial charge in [0.15, 0.2) is 0 Å². The van der Waals surface area contributed by atoms with Gasteiger partial charge in [0.1, 0.15) is 0 Å². The molecule has 0 aliphatic rings. The summed E-state index contributed by atoms with van der Waals surface area (Å²) in [7, 11) is 0. The maximum Gasteiger partial charge on any atom is 0.00403 e. The van der Waals surface area contributed by atoms with Crippen molar-refractivity contribution in [2.45, 2.75) is 16.7 Å². The second-order valence-corrected chi connectivity index (χ2v) is 5.00. The molecule has 0 spiro atoms. The topological polar surface area (TPSA) is 0 Å². The molecule has 0 unspecified atom stereocenters. The molecular weight excluding hydrogens is 244 g/mol. The first-order valence-electron chi connectivity index (χ1n) is 5.42. The van der Waals surface area contributed by atoms with Crippen molar-refractivity contribution in [3.05, 3.63) is 59.7 Å². The fraction of sp³-hybridized carbons (Fsp3) is 0.0667. The van der Waals surface area contributed by atoms with Crippen molar-refractivity contribution in [3.8, 4) is 0 Å². The van der Waals surface area contributed by atoms with E-state index >= 15 is 0 Å². The molecule has 0 saturated heterocycles. The van der Waals surface area contributed by atoms with Gasteiger partial charge in [-0.25, -0.2) is 0 Å². The van der Waals surface area contributed by atoms with E-state index < -0.39 is 0 Å².